The zero-order valence-corrected chi connectivity index (χ0v) is 32.0. The van der Waals surface area contributed by atoms with Crippen molar-refractivity contribution >= 4 is 65.6 Å². The van der Waals surface area contributed by atoms with Crippen molar-refractivity contribution in [3.63, 3.8) is 0 Å². The molecule has 0 unspecified atom stereocenters. The number of nitrogens with zero attached hydrogens (tertiary/aromatic N) is 1. The van der Waals surface area contributed by atoms with E-state index in [4.69, 9.17) is 0 Å². The topological polar surface area (TPSA) is 39.1 Å². The molecule has 2 aliphatic carbocycles. The van der Waals surface area contributed by atoms with Gasteiger partial charge in [0, 0.05) is 48.5 Å². The molecule has 0 aliphatic heterocycles. The first-order chi connectivity index (χ1) is 23.6. The number of ketones is 2. The second-order valence-electron chi connectivity index (χ2n) is 15.5. The Morgan fingerprint density at radius 3 is 1.30 bits per heavy atom. The maximum atomic E-state index is 13.5. The zero-order chi connectivity index (χ0) is 35.7. The molecule has 0 atom stereocenters. The van der Waals surface area contributed by atoms with Gasteiger partial charge in [0.1, 0.15) is 0 Å². The number of carbonyl (C=O) groups excluding carboxylic acids is 2. The largest absolute Gasteiger partial charge is 0.344 e. The molecule has 2 aromatic carbocycles. The fourth-order valence-electron chi connectivity index (χ4n) is 7.01. The van der Waals surface area contributed by atoms with Crippen molar-refractivity contribution in [3.8, 4) is 0 Å². The van der Waals surface area contributed by atoms with Crippen LogP contribution < -0.4 is 0 Å². The summed E-state index contributed by atoms with van der Waals surface area (Å²) in [7, 11) is 2.14. The summed E-state index contributed by atoms with van der Waals surface area (Å²) in [6.07, 6.45) is 8.35. The molecule has 5 aromatic rings. The number of hydrogen-bond donors (Lipinski definition) is 0. The van der Waals surface area contributed by atoms with Gasteiger partial charge >= 0.3 is 0 Å². The quantitative estimate of drug-likeness (QED) is 0.188. The van der Waals surface area contributed by atoms with Crippen molar-refractivity contribution in [3.05, 3.63) is 152 Å². The van der Waals surface area contributed by atoms with Gasteiger partial charge in [-0.2, -0.15) is 0 Å². The number of benzene rings is 2. The Morgan fingerprint density at radius 2 is 0.940 bits per heavy atom. The van der Waals surface area contributed by atoms with Gasteiger partial charge in [-0.15, -0.1) is 22.7 Å². The van der Waals surface area contributed by atoms with Gasteiger partial charge < -0.3 is 4.57 Å². The van der Waals surface area contributed by atoms with Gasteiger partial charge in [-0.05, 0) is 118 Å². The monoisotopic (exact) mass is 693 g/mol. The average molecular weight is 694 g/mol. The molecule has 0 fully saturated rings. The Hall–Kier alpha value is -4.58. The normalized spacial score (nSPS) is 17.9. The highest BCUT2D eigenvalue weighted by molar-refractivity contribution is 7.20. The lowest BCUT2D eigenvalue weighted by Crippen LogP contribution is -2.21. The van der Waals surface area contributed by atoms with Crippen LogP contribution in [0.4, 0.5) is 0 Å². The molecule has 0 bridgehead atoms. The number of thiophene rings is 2. The molecule has 3 heterocycles. The van der Waals surface area contributed by atoms with Crippen molar-refractivity contribution < 1.29 is 9.59 Å². The Labute approximate surface area is 303 Å². The third-order valence-corrected chi connectivity index (χ3v) is 12.0. The van der Waals surface area contributed by atoms with Crippen molar-refractivity contribution in [1.29, 1.82) is 0 Å². The minimum atomic E-state index is -0.305. The lowest BCUT2D eigenvalue weighted by Gasteiger charge is -2.27. The van der Waals surface area contributed by atoms with Crippen LogP contribution in [0.3, 0.4) is 0 Å². The van der Waals surface area contributed by atoms with E-state index < -0.39 is 0 Å². The molecule has 0 amide bonds. The minimum Gasteiger partial charge on any atom is -0.344 e. The molecule has 2 aliphatic rings. The van der Waals surface area contributed by atoms with Crippen molar-refractivity contribution in [1.82, 2.24) is 4.57 Å². The first-order valence-corrected chi connectivity index (χ1v) is 18.8. The van der Waals surface area contributed by atoms with Gasteiger partial charge in [-0.3, -0.25) is 9.59 Å². The van der Waals surface area contributed by atoms with Crippen LogP contribution in [-0.2, 0) is 16.6 Å². The lowest BCUT2D eigenvalue weighted by molar-refractivity contribution is -0.113. The second kappa shape index (κ2) is 12.3. The van der Waals surface area contributed by atoms with Crippen molar-refractivity contribution in [2.75, 3.05) is 0 Å². The van der Waals surface area contributed by atoms with Gasteiger partial charge in [0.05, 0.1) is 11.4 Å². The molecule has 50 heavy (non-hydrogen) atoms. The molecule has 3 nitrogen and oxygen atoms in total. The van der Waals surface area contributed by atoms with Crippen LogP contribution in [0.1, 0.15) is 76.5 Å². The highest BCUT2D eigenvalue weighted by atomic mass is 32.1. The average Bonchev–Trinajstić information content (AvgIpc) is 3.77. The van der Waals surface area contributed by atoms with Crippen LogP contribution in [0.15, 0.2) is 131 Å². The maximum absolute atomic E-state index is 13.5. The Kier molecular flexibility index (Phi) is 8.36. The van der Waals surface area contributed by atoms with Crippen LogP contribution >= 0.6 is 22.7 Å². The number of rotatable bonds is 4. The predicted octanol–water partition coefficient (Wildman–Crippen LogP) is 12.1. The van der Waals surface area contributed by atoms with Crippen molar-refractivity contribution in [2.24, 2.45) is 17.9 Å². The third-order valence-electron chi connectivity index (χ3n) is 9.72. The molecule has 0 saturated heterocycles. The van der Waals surface area contributed by atoms with E-state index in [0.29, 0.717) is 0 Å². The van der Waals surface area contributed by atoms with E-state index in [9.17, 15) is 9.59 Å². The summed E-state index contributed by atoms with van der Waals surface area (Å²) in [5.41, 5.74) is 8.95. The SMILES string of the molecule is CC1=CC(=C(c2cc3ccccc3s2)c2ccc(C(=C3C=C(C)C(=O)C(C(C)(C)C)=C3)c3cc4ccccc4s3)n2C)C=C(C(C)(C)C)C1=O. The fourth-order valence-corrected chi connectivity index (χ4v) is 9.28. The minimum absolute atomic E-state index is 0.108. The molecule has 252 valence electrons. The van der Waals surface area contributed by atoms with Gasteiger partial charge in [0.25, 0.3) is 0 Å². The second-order valence-corrected chi connectivity index (χ2v) is 17.7. The van der Waals surface area contributed by atoms with E-state index in [1.54, 1.807) is 22.7 Å². The maximum Gasteiger partial charge on any atom is 0.185 e. The fraction of sp³-hybridized carbons (Fsp3) is 0.244. The van der Waals surface area contributed by atoms with Crippen LogP contribution in [0, 0.1) is 10.8 Å². The van der Waals surface area contributed by atoms with Crippen LogP contribution in [-0.4, -0.2) is 16.1 Å². The van der Waals surface area contributed by atoms with Gasteiger partial charge in [0.2, 0.25) is 0 Å². The molecular formula is C45H43NO2S2. The molecular weight excluding hydrogens is 651 g/mol. The summed E-state index contributed by atoms with van der Waals surface area (Å²) in [5, 5.41) is 2.40. The number of Topliss-reactive ketones (excluding diaryl/α,β-unsaturated/α-hetero) is 2. The van der Waals surface area contributed by atoms with Crippen LogP contribution in [0.2, 0.25) is 0 Å². The molecule has 5 heteroatoms. The summed E-state index contributed by atoms with van der Waals surface area (Å²) < 4.78 is 4.75. The van der Waals surface area contributed by atoms with Gasteiger partial charge in [0.15, 0.2) is 11.6 Å². The zero-order valence-electron chi connectivity index (χ0n) is 30.3. The van der Waals surface area contributed by atoms with E-state index in [2.05, 4.69) is 150 Å². The number of aromatic nitrogens is 1. The predicted molar refractivity (Wildman–Crippen MR) is 214 cm³/mol. The summed E-state index contributed by atoms with van der Waals surface area (Å²) in [6, 6.07) is 26.0. The lowest BCUT2D eigenvalue weighted by atomic mass is 9.77. The smallest absolute Gasteiger partial charge is 0.185 e. The molecule has 0 N–H and O–H groups in total. The van der Waals surface area contributed by atoms with Crippen LogP contribution in [0.5, 0.6) is 0 Å². The summed E-state index contributed by atoms with van der Waals surface area (Å²) in [5.74, 6) is 0.216. The number of allylic oxidation sites excluding steroid dienone is 10. The van der Waals surface area contributed by atoms with Gasteiger partial charge in [-0.1, -0.05) is 77.9 Å². The van der Waals surface area contributed by atoms with E-state index in [1.807, 2.05) is 13.8 Å². The Morgan fingerprint density at radius 1 is 0.560 bits per heavy atom. The van der Waals surface area contributed by atoms with E-state index in [-0.39, 0.29) is 22.4 Å². The molecule has 0 radical (unpaired) electrons. The molecule has 0 spiro atoms. The first-order valence-electron chi connectivity index (χ1n) is 17.1. The summed E-state index contributed by atoms with van der Waals surface area (Å²) in [4.78, 5) is 29.2. The summed E-state index contributed by atoms with van der Waals surface area (Å²) in [6.45, 7) is 16.5. The first kappa shape index (κ1) is 33.9. The van der Waals surface area contributed by atoms with Crippen LogP contribution in [0.25, 0.3) is 31.3 Å². The highest BCUT2D eigenvalue weighted by Gasteiger charge is 2.31. The third kappa shape index (κ3) is 5.97. The van der Waals surface area contributed by atoms with E-state index in [0.717, 1.165) is 65.7 Å². The number of hydrogen-bond acceptors (Lipinski definition) is 4. The van der Waals surface area contributed by atoms with E-state index >= 15 is 0 Å². The molecule has 0 saturated carbocycles. The van der Waals surface area contributed by atoms with Gasteiger partial charge in [-0.25, -0.2) is 0 Å². The van der Waals surface area contributed by atoms with E-state index in [1.165, 1.54) is 20.2 Å². The number of carbonyl (C=O) groups is 2. The highest BCUT2D eigenvalue weighted by Crippen LogP contribution is 2.44. The van der Waals surface area contributed by atoms with Crippen molar-refractivity contribution in [2.45, 2.75) is 55.4 Å². The number of fused-ring (bicyclic) bond motifs is 2. The summed E-state index contributed by atoms with van der Waals surface area (Å²) >= 11 is 3.56. The Bertz CT molecular complexity index is 2210. The molecule has 7 rings (SSSR count). The standard InChI is InChI=1S/C45H43NO2S2/c1-26-20-30(22-32(42(26)47)44(3,4)5)40(38-24-28-14-10-12-16-36(28)49-38)34-18-19-35(46(34)9)41(39-25-29-15-11-13-17-37(29)50-39)31-21-27(2)43(48)33(23-31)45(6,7)8/h10-25H,1-9H3. The molecule has 3 aromatic heterocycles. The Balaban J connectivity index is 1.54.